The number of fused-ring (bicyclic) bond motifs is 2. The molecule has 1 aliphatic rings. The predicted octanol–water partition coefficient (Wildman–Crippen LogP) is 2.53. The molecular formula is C18H18N4O4. The van der Waals surface area contributed by atoms with E-state index in [0.29, 0.717) is 18.2 Å². The fourth-order valence-corrected chi connectivity index (χ4v) is 3.55. The minimum atomic E-state index is -1.25. The highest BCUT2D eigenvalue weighted by Crippen LogP contribution is 2.28. The van der Waals surface area contributed by atoms with Gasteiger partial charge in [-0.1, -0.05) is 25.7 Å². The molecule has 4 rings (SSSR count). The van der Waals surface area contributed by atoms with Gasteiger partial charge >= 0.3 is 5.97 Å². The highest BCUT2D eigenvalue weighted by Gasteiger charge is 2.18. The number of nitrogens with two attached hydrogens (primary N) is 1. The van der Waals surface area contributed by atoms with Crippen LogP contribution in [0.3, 0.4) is 0 Å². The van der Waals surface area contributed by atoms with E-state index >= 15 is 0 Å². The minimum absolute atomic E-state index is 0.0210. The first-order valence-corrected chi connectivity index (χ1v) is 8.65. The van der Waals surface area contributed by atoms with Crippen molar-refractivity contribution in [3.05, 3.63) is 33.9 Å². The van der Waals surface area contributed by atoms with Gasteiger partial charge in [-0.25, -0.2) is 14.8 Å². The summed E-state index contributed by atoms with van der Waals surface area (Å²) in [6, 6.07) is 1.19. The van der Waals surface area contributed by atoms with Crippen molar-refractivity contribution in [1.82, 2.24) is 15.0 Å². The normalized spacial score (nSPS) is 15.1. The number of nitrogens with zero attached hydrogens (tertiary/aromatic N) is 3. The van der Waals surface area contributed by atoms with Crippen LogP contribution in [-0.4, -0.2) is 26.0 Å². The topological polar surface area (TPSA) is 132 Å². The maximum absolute atomic E-state index is 12.8. The van der Waals surface area contributed by atoms with Gasteiger partial charge in [-0.15, -0.1) is 0 Å². The fourth-order valence-electron chi connectivity index (χ4n) is 3.55. The smallest absolute Gasteiger partial charge is 0.339 e. The first kappa shape index (κ1) is 16.4. The Balaban J connectivity index is 1.77. The molecular weight excluding hydrogens is 336 g/mol. The van der Waals surface area contributed by atoms with E-state index in [1.807, 2.05) is 0 Å². The first-order valence-electron chi connectivity index (χ1n) is 8.65. The number of hydrogen-bond donors (Lipinski definition) is 2. The summed E-state index contributed by atoms with van der Waals surface area (Å²) >= 11 is 0. The van der Waals surface area contributed by atoms with Crippen LogP contribution in [0.5, 0.6) is 0 Å². The third-order valence-corrected chi connectivity index (χ3v) is 4.97. The average molecular weight is 354 g/mol. The molecule has 1 fully saturated rings. The molecule has 3 heterocycles. The predicted molar refractivity (Wildman–Crippen MR) is 95.0 cm³/mol. The molecule has 26 heavy (non-hydrogen) atoms. The Morgan fingerprint density at radius 2 is 2.08 bits per heavy atom. The van der Waals surface area contributed by atoms with Gasteiger partial charge in [-0.2, -0.15) is 4.98 Å². The van der Waals surface area contributed by atoms with Crippen LogP contribution in [0.1, 0.15) is 48.3 Å². The maximum Gasteiger partial charge on any atom is 0.339 e. The summed E-state index contributed by atoms with van der Waals surface area (Å²) in [5, 5.41) is 9.21. The number of rotatable bonds is 4. The summed E-state index contributed by atoms with van der Waals surface area (Å²) in [4.78, 5) is 36.5. The highest BCUT2D eigenvalue weighted by atomic mass is 16.4. The largest absolute Gasteiger partial charge is 0.478 e. The number of carboxylic acids is 1. The quantitative estimate of drug-likeness (QED) is 0.683. The monoisotopic (exact) mass is 354 g/mol. The molecule has 3 N–H and O–H groups in total. The number of aromatic carboxylic acids is 1. The summed E-state index contributed by atoms with van der Waals surface area (Å²) < 4.78 is 5.57. The van der Waals surface area contributed by atoms with E-state index in [-0.39, 0.29) is 33.6 Å². The van der Waals surface area contributed by atoms with Gasteiger partial charge in [0, 0.05) is 6.42 Å². The van der Waals surface area contributed by atoms with Gasteiger partial charge in [0.2, 0.25) is 11.1 Å². The van der Waals surface area contributed by atoms with Crippen molar-refractivity contribution in [2.45, 2.75) is 38.5 Å². The van der Waals surface area contributed by atoms with Crippen LogP contribution in [0.15, 0.2) is 21.5 Å². The number of anilines is 1. The number of nitrogen functional groups attached to an aromatic ring is 1. The van der Waals surface area contributed by atoms with Gasteiger partial charge in [0.25, 0.3) is 0 Å². The van der Waals surface area contributed by atoms with Gasteiger partial charge in [0.15, 0.2) is 11.1 Å². The lowest BCUT2D eigenvalue weighted by molar-refractivity contribution is 0.0698. The van der Waals surface area contributed by atoms with Crippen LogP contribution in [0, 0.1) is 5.92 Å². The second kappa shape index (κ2) is 6.36. The number of hydrogen-bond acceptors (Lipinski definition) is 7. The number of aromatic nitrogens is 3. The maximum atomic E-state index is 12.8. The number of carbonyl (C=O) groups is 1. The molecule has 8 heteroatoms. The van der Waals surface area contributed by atoms with Crippen molar-refractivity contribution < 1.29 is 14.3 Å². The molecule has 134 valence electrons. The molecule has 0 aliphatic heterocycles. The lowest BCUT2D eigenvalue weighted by Gasteiger charge is -2.08. The van der Waals surface area contributed by atoms with Gasteiger partial charge in [-0.05, 0) is 18.4 Å². The van der Waals surface area contributed by atoms with Crippen LogP contribution < -0.4 is 11.2 Å². The molecule has 3 aromatic heterocycles. The molecule has 0 radical (unpaired) electrons. The second-order valence-corrected chi connectivity index (χ2v) is 6.70. The molecule has 0 bridgehead atoms. The Kier molecular flexibility index (Phi) is 4.02. The highest BCUT2D eigenvalue weighted by molar-refractivity contribution is 5.97. The van der Waals surface area contributed by atoms with Crippen molar-refractivity contribution >= 4 is 34.0 Å². The van der Waals surface area contributed by atoms with E-state index in [0.717, 1.165) is 6.42 Å². The Morgan fingerprint density at radius 3 is 2.81 bits per heavy atom. The minimum Gasteiger partial charge on any atom is -0.478 e. The molecule has 0 atom stereocenters. The Labute approximate surface area is 148 Å². The van der Waals surface area contributed by atoms with E-state index < -0.39 is 11.4 Å². The SMILES string of the molecule is Nc1nc2oc3cnc(CCC4CCCC4)nc3c(=O)c2cc1C(=O)O. The van der Waals surface area contributed by atoms with Crippen LogP contribution in [-0.2, 0) is 6.42 Å². The zero-order chi connectivity index (χ0) is 18.3. The van der Waals surface area contributed by atoms with Gasteiger partial charge in [-0.3, -0.25) is 4.79 Å². The van der Waals surface area contributed by atoms with Gasteiger partial charge in [0.05, 0.1) is 11.6 Å². The summed E-state index contributed by atoms with van der Waals surface area (Å²) in [5.41, 5.74) is 5.28. The zero-order valence-electron chi connectivity index (χ0n) is 14.1. The molecule has 1 aliphatic carbocycles. The zero-order valence-corrected chi connectivity index (χ0v) is 14.1. The van der Waals surface area contributed by atoms with E-state index in [1.165, 1.54) is 37.9 Å². The van der Waals surface area contributed by atoms with E-state index in [2.05, 4.69) is 15.0 Å². The van der Waals surface area contributed by atoms with Crippen LogP contribution >= 0.6 is 0 Å². The molecule has 0 saturated heterocycles. The Morgan fingerprint density at radius 1 is 1.31 bits per heavy atom. The van der Waals surface area contributed by atoms with Crippen molar-refractivity contribution in [1.29, 1.82) is 0 Å². The summed E-state index contributed by atoms with van der Waals surface area (Å²) in [5.74, 6) is -0.163. The summed E-state index contributed by atoms with van der Waals surface area (Å²) in [6.07, 6.45) is 8.22. The number of pyridine rings is 1. The van der Waals surface area contributed by atoms with Gasteiger partial charge < -0.3 is 15.3 Å². The Hall–Kier alpha value is -3.03. The average Bonchev–Trinajstić information content (AvgIpc) is 3.13. The van der Waals surface area contributed by atoms with Crippen molar-refractivity contribution in [2.24, 2.45) is 5.92 Å². The summed E-state index contributed by atoms with van der Waals surface area (Å²) in [6.45, 7) is 0. The lowest BCUT2D eigenvalue weighted by Crippen LogP contribution is -2.11. The standard InChI is InChI=1S/C18H18N4O4/c19-16-11(18(24)25)7-10-15(23)14-12(26-17(10)22-16)8-20-13(21-14)6-5-9-3-1-2-4-9/h7-9H,1-6H2,(H2,19,22)(H,24,25). The van der Waals surface area contributed by atoms with Crippen molar-refractivity contribution in [3.8, 4) is 0 Å². The Bertz CT molecular complexity index is 1070. The summed E-state index contributed by atoms with van der Waals surface area (Å²) in [7, 11) is 0. The van der Waals surface area contributed by atoms with E-state index in [4.69, 9.17) is 15.3 Å². The third-order valence-electron chi connectivity index (χ3n) is 4.97. The second-order valence-electron chi connectivity index (χ2n) is 6.70. The molecule has 0 spiro atoms. The molecule has 0 aromatic carbocycles. The molecule has 1 saturated carbocycles. The third kappa shape index (κ3) is 2.87. The van der Waals surface area contributed by atoms with Crippen LogP contribution in [0.2, 0.25) is 0 Å². The van der Waals surface area contributed by atoms with Crippen molar-refractivity contribution in [2.75, 3.05) is 5.73 Å². The number of carboxylic acid groups (broad SMARTS) is 1. The van der Waals surface area contributed by atoms with E-state index in [9.17, 15) is 9.59 Å². The lowest BCUT2D eigenvalue weighted by atomic mass is 10.0. The van der Waals surface area contributed by atoms with Gasteiger partial charge in [0.1, 0.15) is 17.2 Å². The molecule has 3 aromatic rings. The van der Waals surface area contributed by atoms with E-state index in [1.54, 1.807) is 0 Å². The fraction of sp³-hybridized carbons (Fsp3) is 0.389. The first-order chi connectivity index (χ1) is 12.5. The number of aryl methyl sites for hydroxylation is 1. The molecule has 0 amide bonds. The van der Waals surface area contributed by atoms with Crippen LogP contribution in [0.25, 0.3) is 22.2 Å². The van der Waals surface area contributed by atoms with Crippen LogP contribution in [0.4, 0.5) is 5.82 Å². The molecule has 8 nitrogen and oxygen atoms in total. The molecule has 0 unspecified atom stereocenters. The van der Waals surface area contributed by atoms with Crippen molar-refractivity contribution in [3.63, 3.8) is 0 Å².